The van der Waals surface area contributed by atoms with Gasteiger partial charge >= 0.3 is 5.97 Å². The van der Waals surface area contributed by atoms with Gasteiger partial charge < -0.3 is 10.1 Å². The van der Waals surface area contributed by atoms with E-state index in [0.717, 1.165) is 11.8 Å². The lowest BCUT2D eigenvalue weighted by molar-refractivity contribution is -0.146. The Balaban J connectivity index is 2.16. The van der Waals surface area contributed by atoms with Crippen LogP contribution in [0.1, 0.15) is 6.92 Å². The zero-order chi connectivity index (χ0) is 17.9. The van der Waals surface area contributed by atoms with Gasteiger partial charge in [0.2, 0.25) is 11.8 Å². The molecular weight excluding hydrogens is 358 g/mol. The van der Waals surface area contributed by atoms with Crippen molar-refractivity contribution in [3.05, 3.63) is 29.3 Å². The highest BCUT2D eigenvalue weighted by atomic mass is 35.5. The summed E-state index contributed by atoms with van der Waals surface area (Å²) in [5.74, 6) is -2.06. The standard InChI is InChI=1S/C14H16ClN3O5S/c1-9(19)17-18-12(20)6-23-14(22)8-24-7-13(21)16-11-4-2-10(15)3-5-11/h2-5H,6-8H2,1H3,(H,16,21)(H,17,19)(H,18,20). The number of ether oxygens (including phenoxy) is 1. The van der Waals surface area contributed by atoms with E-state index in [-0.39, 0.29) is 17.4 Å². The molecule has 1 aromatic carbocycles. The molecule has 3 N–H and O–H groups in total. The molecule has 0 aromatic heterocycles. The van der Waals surface area contributed by atoms with Crippen molar-refractivity contribution in [2.75, 3.05) is 23.4 Å². The van der Waals surface area contributed by atoms with Gasteiger partial charge in [0.1, 0.15) is 0 Å². The zero-order valence-electron chi connectivity index (χ0n) is 12.8. The summed E-state index contributed by atoms with van der Waals surface area (Å²) >= 11 is 6.78. The van der Waals surface area contributed by atoms with E-state index in [4.69, 9.17) is 11.6 Å². The van der Waals surface area contributed by atoms with Crippen LogP contribution in [0.15, 0.2) is 24.3 Å². The van der Waals surface area contributed by atoms with Crippen molar-refractivity contribution in [1.82, 2.24) is 10.9 Å². The van der Waals surface area contributed by atoms with Gasteiger partial charge in [-0.3, -0.25) is 30.0 Å². The summed E-state index contributed by atoms with van der Waals surface area (Å²) < 4.78 is 4.68. The van der Waals surface area contributed by atoms with Gasteiger partial charge in [-0.25, -0.2) is 0 Å². The fourth-order valence-corrected chi connectivity index (χ4v) is 2.07. The molecule has 1 rings (SSSR count). The lowest BCUT2D eigenvalue weighted by Gasteiger charge is -2.07. The molecule has 130 valence electrons. The van der Waals surface area contributed by atoms with Crippen molar-refractivity contribution < 1.29 is 23.9 Å². The van der Waals surface area contributed by atoms with Gasteiger partial charge in [-0.1, -0.05) is 11.6 Å². The van der Waals surface area contributed by atoms with Crippen LogP contribution in [-0.2, 0) is 23.9 Å². The fourth-order valence-electron chi connectivity index (χ4n) is 1.34. The van der Waals surface area contributed by atoms with Gasteiger partial charge in [0.05, 0.1) is 11.5 Å². The number of rotatable bonds is 7. The lowest BCUT2D eigenvalue weighted by Crippen LogP contribution is -2.42. The molecule has 0 aliphatic rings. The third-order valence-electron chi connectivity index (χ3n) is 2.32. The number of amides is 3. The van der Waals surface area contributed by atoms with Crippen molar-refractivity contribution in [3.8, 4) is 0 Å². The molecule has 0 aliphatic heterocycles. The second kappa shape index (κ2) is 10.5. The van der Waals surface area contributed by atoms with Crippen LogP contribution in [0, 0.1) is 0 Å². The Morgan fingerprint density at radius 1 is 1.04 bits per heavy atom. The Kier molecular flexibility index (Phi) is 8.66. The minimum Gasteiger partial charge on any atom is -0.455 e. The monoisotopic (exact) mass is 373 g/mol. The van der Waals surface area contributed by atoms with Crippen LogP contribution in [0.5, 0.6) is 0 Å². The van der Waals surface area contributed by atoms with Gasteiger partial charge in [0, 0.05) is 17.6 Å². The minimum atomic E-state index is -0.663. The predicted octanol–water partition coefficient (Wildman–Crippen LogP) is 0.722. The maximum Gasteiger partial charge on any atom is 0.316 e. The quantitative estimate of drug-likeness (QED) is 0.479. The van der Waals surface area contributed by atoms with Crippen molar-refractivity contribution in [2.45, 2.75) is 6.92 Å². The molecule has 0 spiro atoms. The van der Waals surface area contributed by atoms with E-state index in [2.05, 4.69) is 15.5 Å². The van der Waals surface area contributed by atoms with E-state index >= 15 is 0 Å². The summed E-state index contributed by atoms with van der Waals surface area (Å²) in [5.41, 5.74) is 4.70. The number of anilines is 1. The van der Waals surface area contributed by atoms with Crippen LogP contribution < -0.4 is 16.2 Å². The highest BCUT2D eigenvalue weighted by molar-refractivity contribution is 8.00. The highest BCUT2D eigenvalue weighted by Gasteiger charge is 2.09. The number of hydrogen-bond acceptors (Lipinski definition) is 6. The molecule has 24 heavy (non-hydrogen) atoms. The normalized spacial score (nSPS) is 9.75. The van der Waals surface area contributed by atoms with Crippen LogP contribution in [0.2, 0.25) is 5.02 Å². The summed E-state index contributed by atoms with van der Waals surface area (Å²) in [6, 6.07) is 6.61. The Labute approximate surface area is 147 Å². The van der Waals surface area contributed by atoms with Crippen LogP contribution in [0.25, 0.3) is 0 Å². The first kappa shape index (κ1) is 19.8. The van der Waals surface area contributed by atoms with E-state index in [1.54, 1.807) is 24.3 Å². The number of hydrogen-bond donors (Lipinski definition) is 3. The number of nitrogens with one attached hydrogen (secondary N) is 3. The maximum atomic E-state index is 11.7. The van der Waals surface area contributed by atoms with E-state index in [1.165, 1.54) is 6.92 Å². The average molecular weight is 374 g/mol. The third-order valence-corrected chi connectivity index (χ3v) is 3.48. The van der Waals surface area contributed by atoms with Crippen LogP contribution in [0.3, 0.4) is 0 Å². The number of carbonyl (C=O) groups is 4. The first-order chi connectivity index (χ1) is 11.4. The molecule has 10 heteroatoms. The van der Waals surface area contributed by atoms with Crippen LogP contribution in [-0.4, -0.2) is 41.8 Å². The highest BCUT2D eigenvalue weighted by Crippen LogP contribution is 2.13. The minimum absolute atomic E-state index is 0.0514. The lowest BCUT2D eigenvalue weighted by atomic mass is 10.3. The predicted molar refractivity (Wildman–Crippen MR) is 90.3 cm³/mol. The summed E-state index contributed by atoms with van der Waals surface area (Å²) in [5, 5.41) is 3.21. The topological polar surface area (TPSA) is 114 Å². The van der Waals surface area contributed by atoms with Gasteiger partial charge in [-0.2, -0.15) is 0 Å². The molecule has 0 bridgehead atoms. The second-order valence-electron chi connectivity index (χ2n) is 4.44. The fraction of sp³-hybridized carbons (Fsp3) is 0.286. The molecule has 0 saturated heterocycles. The molecule has 0 unspecified atom stereocenters. The molecule has 0 aliphatic carbocycles. The van der Waals surface area contributed by atoms with Crippen molar-refractivity contribution in [2.24, 2.45) is 0 Å². The van der Waals surface area contributed by atoms with Crippen molar-refractivity contribution in [1.29, 1.82) is 0 Å². The smallest absolute Gasteiger partial charge is 0.316 e. The second-order valence-corrected chi connectivity index (χ2v) is 5.86. The first-order valence-electron chi connectivity index (χ1n) is 6.71. The number of esters is 1. The zero-order valence-corrected chi connectivity index (χ0v) is 14.3. The Morgan fingerprint density at radius 2 is 1.71 bits per heavy atom. The average Bonchev–Trinajstić information content (AvgIpc) is 2.53. The Morgan fingerprint density at radius 3 is 2.33 bits per heavy atom. The Hall–Kier alpha value is -2.26. The molecule has 1 aromatic rings. The molecule has 3 amide bonds. The molecule has 8 nitrogen and oxygen atoms in total. The molecule has 0 fully saturated rings. The number of thioether (sulfide) groups is 1. The van der Waals surface area contributed by atoms with E-state index in [0.29, 0.717) is 10.7 Å². The van der Waals surface area contributed by atoms with Gasteiger partial charge in [-0.05, 0) is 24.3 Å². The molecule has 0 atom stereocenters. The number of carbonyl (C=O) groups excluding carboxylic acids is 4. The summed E-state index contributed by atoms with van der Waals surface area (Å²) in [6.07, 6.45) is 0. The molecule has 0 heterocycles. The maximum absolute atomic E-state index is 11.7. The van der Waals surface area contributed by atoms with Crippen molar-refractivity contribution in [3.63, 3.8) is 0 Å². The number of benzene rings is 1. The van der Waals surface area contributed by atoms with E-state index in [1.807, 2.05) is 5.43 Å². The Bertz CT molecular complexity index is 609. The molecular formula is C14H16ClN3O5S. The summed E-state index contributed by atoms with van der Waals surface area (Å²) in [7, 11) is 0. The van der Waals surface area contributed by atoms with E-state index < -0.39 is 24.4 Å². The molecule has 0 saturated carbocycles. The summed E-state index contributed by atoms with van der Waals surface area (Å²) in [6.45, 7) is 0.703. The largest absolute Gasteiger partial charge is 0.455 e. The van der Waals surface area contributed by atoms with Crippen molar-refractivity contribution >= 4 is 52.7 Å². The van der Waals surface area contributed by atoms with Crippen LogP contribution in [0.4, 0.5) is 5.69 Å². The SMILES string of the molecule is CC(=O)NNC(=O)COC(=O)CSCC(=O)Nc1ccc(Cl)cc1. The van der Waals surface area contributed by atoms with Gasteiger partial charge in [0.25, 0.3) is 5.91 Å². The molecule has 0 radical (unpaired) electrons. The van der Waals surface area contributed by atoms with Gasteiger partial charge in [0.15, 0.2) is 6.61 Å². The summed E-state index contributed by atoms with van der Waals surface area (Å²) in [4.78, 5) is 44.8. The van der Waals surface area contributed by atoms with E-state index in [9.17, 15) is 19.2 Å². The third kappa shape index (κ3) is 9.01. The van der Waals surface area contributed by atoms with Crippen LogP contribution >= 0.6 is 23.4 Å². The van der Waals surface area contributed by atoms with Gasteiger partial charge in [-0.15, -0.1) is 11.8 Å². The number of hydrazine groups is 1. The first-order valence-corrected chi connectivity index (χ1v) is 8.24. The number of halogens is 1.